The van der Waals surface area contributed by atoms with Crippen LogP contribution in [-0.4, -0.2) is 13.1 Å². The van der Waals surface area contributed by atoms with Gasteiger partial charge in [0.2, 0.25) is 0 Å². The SMILES string of the molecule is C#CCNC(CN)c1ccc(Br)cc1. The fourth-order valence-corrected chi connectivity index (χ4v) is 1.48. The third-order valence-corrected chi connectivity index (χ3v) is 2.49. The standard InChI is InChI=1S/C11H13BrN2/c1-2-7-14-11(8-13)9-3-5-10(12)6-4-9/h1,3-6,11,14H,7-8,13H2. The minimum Gasteiger partial charge on any atom is -0.329 e. The van der Waals surface area contributed by atoms with Gasteiger partial charge in [-0.05, 0) is 17.7 Å². The van der Waals surface area contributed by atoms with E-state index in [4.69, 9.17) is 12.2 Å². The Morgan fingerprint density at radius 2 is 2.07 bits per heavy atom. The molecule has 14 heavy (non-hydrogen) atoms. The van der Waals surface area contributed by atoms with Crippen molar-refractivity contribution in [3.05, 3.63) is 34.3 Å². The van der Waals surface area contributed by atoms with Gasteiger partial charge in [0.15, 0.2) is 0 Å². The minimum atomic E-state index is 0.138. The Labute approximate surface area is 93.0 Å². The average molecular weight is 253 g/mol. The van der Waals surface area contributed by atoms with Crippen LogP contribution in [0.25, 0.3) is 0 Å². The molecule has 0 heterocycles. The normalized spacial score (nSPS) is 12.1. The highest BCUT2D eigenvalue weighted by atomic mass is 79.9. The molecule has 2 nitrogen and oxygen atoms in total. The van der Waals surface area contributed by atoms with Crippen LogP contribution in [0.1, 0.15) is 11.6 Å². The molecule has 0 aliphatic heterocycles. The van der Waals surface area contributed by atoms with Gasteiger partial charge >= 0.3 is 0 Å². The molecule has 3 N–H and O–H groups in total. The first-order chi connectivity index (χ1) is 6.77. The molecule has 1 unspecified atom stereocenters. The summed E-state index contributed by atoms with van der Waals surface area (Å²) < 4.78 is 1.06. The molecule has 1 rings (SSSR count). The van der Waals surface area contributed by atoms with Gasteiger partial charge in [-0.1, -0.05) is 34.0 Å². The van der Waals surface area contributed by atoms with Gasteiger partial charge in [0.1, 0.15) is 0 Å². The lowest BCUT2D eigenvalue weighted by Gasteiger charge is -2.15. The maximum Gasteiger partial charge on any atom is 0.0578 e. The molecule has 0 saturated carbocycles. The van der Waals surface area contributed by atoms with Gasteiger partial charge in [0.25, 0.3) is 0 Å². The van der Waals surface area contributed by atoms with Gasteiger partial charge in [-0.2, -0.15) is 0 Å². The zero-order chi connectivity index (χ0) is 10.4. The van der Waals surface area contributed by atoms with E-state index >= 15 is 0 Å². The van der Waals surface area contributed by atoms with Crippen molar-refractivity contribution >= 4 is 15.9 Å². The van der Waals surface area contributed by atoms with E-state index in [0.29, 0.717) is 13.1 Å². The molecule has 0 bridgehead atoms. The summed E-state index contributed by atoms with van der Waals surface area (Å²) in [7, 11) is 0. The van der Waals surface area contributed by atoms with Crippen molar-refractivity contribution in [2.75, 3.05) is 13.1 Å². The highest BCUT2D eigenvalue weighted by Gasteiger charge is 2.06. The summed E-state index contributed by atoms with van der Waals surface area (Å²) in [5, 5.41) is 3.18. The molecule has 0 saturated heterocycles. The summed E-state index contributed by atoms with van der Waals surface area (Å²) in [6, 6.07) is 8.19. The molecule has 1 aromatic carbocycles. The molecule has 74 valence electrons. The van der Waals surface area contributed by atoms with Gasteiger partial charge in [0.05, 0.1) is 6.54 Å². The first-order valence-electron chi connectivity index (χ1n) is 4.40. The van der Waals surface area contributed by atoms with Crippen molar-refractivity contribution in [1.29, 1.82) is 0 Å². The lowest BCUT2D eigenvalue weighted by atomic mass is 10.1. The molecular weight excluding hydrogens is 240 g/mol. The Kier molecular flexibility index (Phi) is 4.68. The molecule has 0 aliphatic rings. The molecular formula is C11H13BrN2. The molecule has 0 aromatic heterocycles. The number of nitrogens with one attached hydrogen (secondary N) is 1. The zero-order valence-electron chi connectivity index (χ0n) is 7.83. The Bertz CT molecular complexity index is 313. The first-order valence-corrected chi connectivity index (χ1v) is 5.19. The van der Waals surface area contributed by atoms with Crippen molar-refractivity contribution in [1.82, 2.24) is 5.32 Å². The predicted molar refractivity (Wildman–Crippen MR) is 62.8 cm³/mol. The van der Waals surface area contributed by atoms with Gasteiger partial charge in [-0.3, -0.25) is 5.32 Å². The quantitative estimate of drug-likeness (QED) is 0.801. The molecule has 1 atom stereocenters. The lowest BCUT2D eigenvalue weighted by molar-refractivity contribution is 0.582. The predicted octanol–water partition coefficient (Wildman–Crippen LogP) is 1.67. The first kappa shape index (κ1) is 11.3. The second kappa shape index (κ2) is 5.82. The van der Waals surface area contributed by atoms with Crippen LogP contribution in [0.5, 0.6) is 0 Å². The summed E-state index contributed by atoms with van der Waals surface area (Å²) in [5.74, 6) is 2.54. The van der Waals surface area contributed by atoms with Gasteiger partial charge in [-0.25, -0.2) is 0 Å². The number of halogens is 1. The van der Waals surface area contributed by atoms with Gasteiger partial charge in [-0.15, -0.1) is 6.42 Å². The smallest absolute Gasteiger partial charge is 0.0578 e. The monoisotopic (exact) mass is 252 g/mol. The lowest BCUT2D eigenvalue weighted by Crippen LogP contribution is -2.28. The Morgan fingerprint density at radius 1 is 1.43 bits per heavy atom. The topological polar surface area (TPSA) is 38.0 Å². The van der Waals surface area contributed by atoms with Crippen LogP contribution in [0.3, 0.4) is 0 Å². The third-order valence-electron chi connectivity index (χ3n) is 1.96. The van der Waals surface area contributed by atoms with Crippen LogP contribution >= 0.6 is 15.9 Å². The molecule has 0 amide bonds. The van der Waals surface area contributed by atoms with Gasteiger partial charge < -0.3 is 5.73 Å². The number of nitrogens with two attached hydrogens (primary N) is 1. The Hall–Kier alpha value is -0.820. The summed E-state index contributed by atoms with van der Waals surface area (Å²) >= 11 is 3.39. The van der Waals surface area contributed by atoms with E-state index in [0.717, 1.165) is 10.0 Å². The maximum atomic E-state index is 5.64. The van der Waals surface area contributed by atoms with Crippen molar-refractivity contribution in [2.45, 2.75) is 6.04 Å². The molecule has 1 aromatic rings. The third kappa shape index (κ3) is 3.15. The second-order valence-electron chi connectivity index (χ2n) is 2.92. The van der Waals surface area contributed by atoms with Crippen LogP contribution in [0, 0.1) is 12.3 Å². The van der Waals surface area contributed by atoms with Crippen LogP contribution in [0.15, 0.2) is 28.7 Å². The van der Waals surface area contributed by atoms with Crippen LogP contribution < -0.4 is 11.1 Å². The Morgan fingerprint density at radius 3 is 2.57 bits per heavy atom. The number of rotatable bonds is 4. The van der Waals surface area contributed by atoms with E-state index in [-0.39, 0.29) is 6.04 Å². The fourth-order valence-electron chi connectivity index (χ4n) is 1.21. The van der Waals surface area contributed by atoms with E-state index in [2.05, 4.69) is 27.2 Å². The van der Waals surface area contributed by atoms with Crippen molar-refractivity contribution in [2.24, 2.45) is 5.73 Å². The van der Waals surface area contributed by atoms with Crippen molar-refractivity contribution < 1.29 is 0 Å². The number of hydrogen-bond acceptors (Lipinski definition) is 2. The maximum absolute atomic E-state index is 5.64. The number of benzene rings is 1. The highest BCUT2D eigenvalue weighted by Crippen LogP contribution is 2.15. The second-order valence-corrected chi connectivity index (χ2v) is 3.84. The van der Waals surface area contributed by atoms with Crippen molar-refractivity contribution in [3.8, 4) is 12.3 Å². The van der Waals surface area contributed by atoms with E-state index in [1.807, 2.05) is 24.3 Å². The van der Waals surface area contributed by atoms with E-state index in [1.54, 1.807) is 0 Å². The Balaban J connectivity index is 2.69. The zero-order valence-corrected chi connectivity index (χ0v) is 9.42. The van der Waals surface area contributed by atoms with E-state index in [1.165, 1.54) is 0 Å². The van der Waals surface area contributed by atoms with Crippen LogP contribution in [0.4, 0.5) is 0 Å². The fraction of sp³-hybridized carbons (Fsp3) is 0.273. The molecule has 0 fully saturated rings. The van der Waals surface area contributed by atoms with Crippen molar-refractivity contribution in [3.63, 3.8) is 0 Å². The highest BCUT2D eigenvalue weighted by molar-refractivity contribution is 9.10. The van der Waals surface area contributed by atoms with Crippen LogP contribution in [-0.2, 0) is 0 Å². The van der Waals surface area contributed by atoms with E-state index in [9.17, 15) is 0 Å². The largest absolute Gasteiger partial charge is 0.329 e. The number of terminal acetylenes is 1. The molecule has 3 heteroatoms. The molecule has 0 spiro atoms. The summed E-state index contributed by atoms with van der Waals surface area (Å²) in [5.41, 5.74) is 6.80. The minimum absolute atomic E-state index is 0.138. The molecule has 0 radical (unpaired) electrons. The summed E-state index contributed by atoms with van der Waals surface area (Å²) in [6.45, 7) is 1.08. The van der Waals surface area contributed by atoms with Crippen LogP contribution in [0.2, 0.25) is 0 Å². The number of hydrogen-bond donors (Lipinski definition) is 2. The summed E-state index contributed by atoms with van der Waals surface area (Å²) in [6.07, 6.45) is 5.17. The average Bonchev–Trinajstić information content (AvgIpc) is 2.21. The van der Waals surface area contributed by atoms with Gasteiger partial charge in [0, 0.05) is 17.1 Å². The summed E-state index contributed by atoms with van der Waals surface area (Å²) in [4.78, 5) is 0. The molecule has 0 aliphatic carbocycles. The van der Waals surface area contributed by atoms with E-state index < -0.39 is 0 Å².